The van der Waals surface area contributed by atoms with Gasteiger partial charge in [0.05, 0.1) is 0 Å². The third-order valence-electron chi connectivity index (χ3n) is 3.90. The van der Waals surface area contributed by atoms with Gasteiger partial charge >= 0.3 is 12.0 Å². The third-order valence-corrected chi connectivity index (χ3v) is 3.90. The maximum atomic E-state index is 12.0. The first-order valence-corrected chi connectivity index (χ1v) is 6.84. The van der Waals surface area contributed by atoms with Gasteiger partial charge in [-0.3, -0.25) is 0 Å². The summed E-state index contributed by atoms with van der Waals surface area (Å²) in [5.41, 5.74) is 0. The van der Waals surface area contributed by atoms with Gasteiger partial charge < -0.3 is 20.4 Å². The van der Waals surface area contributed by atoms with Crippen LogP contribution >= 0.6 is 0 Å². The van der Waals surface area contributed by atoms with E-state index in [1.165, 1.54) is 6.42 Å². The van der Waals surface area contributed by atoms with Gasteiger partial charge in [-0.15, -0.1) is 0 Å². The van der Waals surface area contributed by atoms with E-state index in [0.717, 1.165) is 19.3 Å². The van der Waals surface area contributed by atoms with Crippen molar-refractivity contribution in [3.05, 3.63) is 0 Å². The molecule has 0 heterocycles. The van der Waals surface area contributed by atoms with E-state index in [-0.39, 0.29) is 25.1 Å². The Labute approximate surface area is 113 Å². The van der Waals surface area contributed by atoms with Crippen LogP contribution in [0.4, 0.5) is 4.79 Å². The van der Waals surface area contributed by atoms with Crippen LogP contribution in [0.15, 0.2) is 0 Å². The number of amides is 2. The van der Waals surface area contributed by atoms with Gasteiger partial charge in [0.25, 0.3) is 0 Å². The van der Waals surface area contributed by atoms with Crippen LogP contribution in [0.1, 0.15) is 39.0 Å². The Bertz CT molecular complexity index is 322. The molecular weight excluding hydrogens is 248 g/mol. The van der Waals surface area contributed by atoms with Crippen molar-refractivity contribution in [2.45, 2.75) is 51.1 Å². The van der Waals surface area contributed by atoms with Gasteiger partial charge in [-0.2, -0.15) is 0 Å². The number of aliphatic carboxylic acids is 1. The number of nitrogens with one attached hydrogen (secondary N) is 1. The second kappa shape index (κ2) is 7.33. The summed E-state index contributed by atoms with van der Waals surface area (Å²) in [5, 5.41) is 20.2. The zero-order valence-electron chi connectivity index (χ0n) is 11.6. The lowest BCUT2D eigenvalue weighted by atomic mass is 9.85. The Morgan fingerprint density at radius 2 is 2.00 bits per heavy atom. The fourth-order valence-electron chi connectivity index (χ4n) is 2.66. The number of urea groups is 1. The summed E-state index contributed by atoms with van der Waals surface area (Å²) in [6.07, 6.45) is 4.38. The first-order valence-electron chi connectivity index (χ1n) is 6.84. The van der Waals surface area contributed by atoms with Gasteiger partial charge in [0.2, 0.25) is 0 Å². The Balaban J connectivity index is 2.57. The van der Waals surface area contributed by atoms with Gasteiger partial charge in [0.15, 0.2) is 0 Å². The molecule has 0 saturated heterocycles. The highest BCUT2D eigenvalue weighted by Crippen LogP contribution is 2.27. The summed E-state index contributed by atoms with van der Waals surface area (Å²) in [6.45, 7) is 1.86. The maximum absolute atomic E-state index is 12.0. The van der Waals surface area contributed by atoms with Crippen molar-refractivity contribution in [3.63, 3.8) is 0 Å². The molecule has 2 unspecified atom stereocenters. The van der Waals surface area contributed by atoms with Crippen molar-refractivity contribution in [1.82, 2.24) is 10.2 Å². The number of hydrogen-bond acceptors (Lipinski definition) is 3. The lowest BCUT2D eigenvalue weighted by Crippen LogP contribution is -2.52. The number of carboxylic acid groups (broad SMARTS) is 1. The average Bonchev–Trinajstić information content (AvgIpc) is 2.37. The summed E-state index contributed by atoms with van der Waals surface area (Å²) in [5.74, 6) is -0.682. The van der Waals surface area contributed by atoms with Crippen molar-refractivity contribution >= 4 is 12.0 Å². The van der Waals surface area contributed by atoms with Crippen LogP contribution in [-0.2, 0) is 4.79 Å². The molecule has 2 amide bonds. The smallest absolute Gasteiger partial charge is 0.326 e. The minimum Gasteiger partial charge on any atom is -0.480 e. The molecule has 3 N–H and O–H groups in total. The van der Waals surface area contributed by atoms with Crippen molar-refractivity contribution in [2.24, 2.45) is 5.92 Å². The minimum atomic E-state index is -1.12. The Morgan fingerprint density at radius 3 is 2.53 bits per heavy atom. The molecule has 1 fully saturated rings. The van der Waals surface area contributed by atoms with Gasteiger partial charge in [-0.1, -0.05) is 19.8 Å². The molecule has 3 atom stereocenters. The molecule has 0 aromatic carbocycles. The van der Waals surface area contributed by atoms with E-state index >= 15 is 0 Å². The maximum Gasteiger partial charge on any atom is 0.326 e. The monoisotopic (exact) mass is 272 g/mol. The second-order valence-corrected chi connectivity index (χ2v) is 5.29. The summed E-state index contributed by atoms with van der Waals surface area (Å²) in [7, 11) is 1.71. The molecule has 1 rings (SSSR count). The number of carboxylic acids is 1. The lowest BCUT2D eigenvalue weighted by molar-refractivity contribution is -0.139. The summed E-state index contributed by atoms with van der Waals surface area (Å²) >= 11 is 0. The Morgan fingerprint density at radius 1 is 1.37 bits per heavy atom. The summed E-state index contributed by atoms with van der Waals surface area (Å²) in [6, 6.07) is -1.24. The average molecular weight is 272 g/mol. The van der Waals surface area contributed by atoms with E-state index in [1.54, 1.807) is 11.9 Å². The van der Waals surface area contributed by atoms with E-state index in [2.05, 4.69) is 12.2 Å². The predicted octanol–water partition coefficient (Wildman–Crippen LogP) is 1.04. The van der Waals surface area contributed by atoms with E-state index in [1.807, 2.05) is 0 Å². The highest BCUT2D eigenvalue weighted by Gasteiger charge is 2.29. The lowest BCUT2D eigenvalue weighted by Gasteiger charge is -2.36. The first-order chi connectivity index (χ1) is 8.97. The highest BCUT2D eigenvalue weighted by atomic mass is 16.4. The summed E-state index contributed by atoms with van der Waals surface area (Å²) < 4.78 is 0. The van der Waals surface area contributed by atoms with Crippen LogP contribution in [0.25, 0.3) is 0 Å². The molecule has 0 radical (unpaired) electrons. The Hall–Kier alpha value is -1.30. The van der Waals surface area contributed by atoms with Crippen molar-refractivity contribution in [1.29, 1.82) is 0 Å². The molecule has 0 aromatic heterocycles. The molecular formula is C13H24N2O4. The van der Waals surface area contributed by atoms with Gasteiger partial charge in [-0.25, -0.2) is 9.59 Å². The van der Waals surface area contributed by atoms with Crippen LogP contribution in [0.5, 0.6) is 0 Å². The summed E-state index contributed by atoms with van der Waals surface area (Å²) in [4.78, 5) is 24.6. The first kappa shape index (κ1) is 15.8. The SMILES string of the molecule is CC1CCCCC1N(C)C(=O)N[C@@H](CCO)C(=O)O. The van der Waals surface area contributed by atoms with E-state index < -0.39 is 12.0 Å². The number of nitrogens with zero attached hydrogens (tertiary/aromatic N) is 1. The van der Waals surface area contributed by atoms with E-state index in [0.29, 0.717) is 5.92 Å². The standard InChI is InChI=1S/C13H24N2O4/c1-9-5-3-4-6-11(9)15(2)13(19)14-10(7-8-16)12(17)18/h9-11,16H,3-8H2,1-2H3,(H,14,19)(H,17,18)/t9?,10-,11?/m0/s1. The molecule has 19 heavy (non-hydrogen) atoms. The van der Waals surface area contributed by atoms with E-state index in [9.17, 15) is 9.59 Å². The normalized spacial score (nSPS) is 24.6. The largest absolute Gasteiger partial charge is 0.480 e. The van der Waals surface area contributed by atoms with Gasteiger partial charge in [-0.05, 0) is 18.8 Å². The second-order valence-electron chi connectivity index (χ2n) is 5.29. The molecule has 1 aliphatic carbocycles. The third kappa shape index (κ3) is 4.38. The van der Waals surface area contributed by atoms with Crippen LogP contribution in [0.2, 0.25) is 0 Å². The number of aliphatic hydroxyl groups excluding tert-OH is 1. The quantitative estimate of drug-likeness (QED) is 0.697. The fourth-order valence-corrected chi connectivity index (χ4v) is 2.66. The molecule has 0 aromatic rings. The Kier molecular flexibility index (Phi) is 6.08. The molecule has 0 spiro atoms. The zero-order chi connectivity index (χ0) is 14.4. The molecule has 0 bridgehead atoms. The van der Waals surface area contributed by atoms with Crippen LogP contribution in [0.3, 0.4) is 0 Å². The van der Waals surface area contributed by atoms with Crippen LogP contribution in [-0.4, -0.2) is 52.9 Å². The molecule has 1 saturated carbocycles. The van der Waals surface area contributed by atoms with Crippen molar-refractivity contribution in [2.75, 3.05) is 13.7 Å². The predicted molar refractivity (Wildman–Crippen MR) is 70.8 cm³/mol. The fraction of sp³-hybridized carbons (Fsp3) is 0.846. The van der Waals surface area contributed by atoms with Gasteiger partial charge in [0, 0.05) is 26.1 Å². The molecule has 6 heteroatoms. The topological polar surface area (TPSA) is 89.9 Å². The molecule has 6 nitrogen and oxygen atoms in total. The van der Waals surface area contributed by atoms with Gasteiger partial charge in [0.1, 0.15) is 6.04 Å². The molecule has 110 valence electrons. The number of carbonyl (C=O) groups excluding carboxylic acids is 1. The molecule has 1 aliphatic rings. The highest BCUT2D eigenvalue weighted by molar-refractivity contribution is 5.82. The molecule has 0 aliphatic heterocycles. The zero-order valence-corrected chi connectivity index (χ0v) is 11.6. The van der Waals surface area contributed by atoms with Crippen molar-refractivity contribution < 1.29 is 19.8 Å². The number of hydrogen-bond donors (Lipinski definition) is 3. The number of aliphatic hydroxyl groups is 1. The van der Waals surface area contributed by atoms with Crippen molar-refractivity contribution in [3.8, 4) is 0 Å². The number of carbonyl (C=O) groups is 2. The number of rotatable bonds is 5. The van der Waals surface area contributed by atoms with E-state index in [4.69, 9.17) is 10.2 Å². The minimum absolute atomic E-state index is 0.0229. The van der Waals surface area contributed by atoms with Crippen LogP contribution < -0.4 is 5.32 Å². The van der Waals surface area contributed by atoms with Crippen LogP contribution in [0, 0.1) is 5.92 Å².